The second-order valence-corrected chi connectivity index (χ2v) is 5.90. The Kier molecular flexibility index (Phi) is 6.06. The highest BCUT2D eigenvalue weighted by atomic mass is 35.5. The van der Waals surface area contributed by atoms with Gasteiger partial charge in [-0.2, -0.15) is 0 Å². The summed E-state index contributed by atoms with van der Waals surface area (Å²) in [6.45, 7) is 5.06. The van der Waals surface area contributed by atoms with Gasteiger partial charge in [-0.05, 0) is 31.4 Å². The van der Waals surface area contributed by atoms with Crippen molar-refractivity contribution in [2.75, 3.05) is 26.2 Å². The Bertz CT molecular complexity index is 658. The molecule has 0 aliphatic carbocycles. The molecule has 1 aliphatic rings. The summed E-state index contributed by atoms with van der Waals surface area (Å²) < 4.78 is 3.99. The molecule has 1 saturated heterocycles. The van der Waals surface area contributed by atoms with Crippen molar-refractivity contribution in [3.63, 3.8) is 0 Å². The molecule has 1 aliphatic heterocycles. The number of hydrogen-bond donors (Lipinski definition) is 3. The Morgan fingerprint density at radius 3 is 2.18 bits per heavy atom. The fourth-order valence-corrected chi connectivity index (χ4v) is 3.42. The summed E-state index contributed by atoms with van der Waals surface area (Å²) in [6.07, 6.45) is 4.04. The second-order valence-electron chi connectivity index (χ2n) is 5.90. The van der Waals surface area contributed by atoms with E-state index in [0.717, 1.165) is 24.1 Å². The Hall–Kier alpha value is -1.30. The second kappa shape index (κ2) is 7.81. The molecule has 0 radical (unpaired) electrons. The Morgan fingerprint density at radius 1 is 1.00 bits per heavy atom. The molecule has 1 aromatic heterocycles. The molecule has 0 atom stereocenters. The van der Waals surface area contributed by atoms with E-state index in [0.29, 0.717) is 12.2 Å². The van der Waals surface area contributed by atoms with Gasteiger partial charge in [0, 0.05) is 6.54 Å². The number of piperidine rings is 1. The number of quaternary nitrogens is 1. The molecule has 1 fully saturated rings. The molecule has 0 spiro atoms. The molecule has 1 aromatic carbocycles. The van der Waals surface area contributed by atoms with E-state index >= 15 is 0 Å². The van der Waals surface area contributed by atoms with Crippen LogP contribution in [0, 0.1) is 5.41 Å². The standard InChI is InChI=1S/C16H24N4O.ClH/c17-16-19(11-10-18-8-4-1-5-9-18)14-6-2-3-7-15(14)20(16)12-13-21;/h2-3,6-7,17,21H,1,4-5,8-13H2;1H. The average molecular weight is 325 g/mol. The molecular formula is C16H25ClN4O. The SMILES string of the molecule is N=c1n(CCO)c2ccccc2n1CC[NH+]1CCCCC1.[Cl-]. The molecule has 6 heteroatoms. The van der Waals surface area contributed by atoms with Crippen molar-refractivity contribution in [2.45, 2.75) is 32.4 Å². The lowest BCUT2D eigenvalue weighted by atomic mass is 10.1. The largest absolute Gasteiger partial charge is 1.00 e. The smallest absolute Gasteiger partial charge is 0.203 e. The fourth-order valence-electron chi connectivity index (χ4n) is 3.42. The van der Waals surface area contributed by atoms with Gasteiger partial charge in [-0.1, -0.05) is 12.1 Å². The van der Waals surface area contributed by atoms with Crippen molar-refractivity contribution in [1.29, 1.82) is 5.41 Å². The van der Waals surface area contributed by atoms with E-state index in [1.807, 2.05) is 22.8 Å². The number of benzene rings is 1. The van der Waals surface area contributed by atoms with Crippen molar-refractivity contribution >= 4 is 11.0 Å². The molecule has 5 nitrogen and oxygen atoms in total. The van der Waals surface area contributed by atoms with E-state index in [1.54, 1.807) is 4.90 Å². The van der Waals surface area contributed by atoms with Gasteiger partial charge in [0.15, 0.2) is 0 Å². The van der Waals surface area contributed by atoms with Crippen molar-refractivity contribution < 1.29 is 22.4 Å². The summed E-state index contributed by atoms with van der Waals surface area (Å²) >= 11 is 0. The highest BCUT2D eigenvalue weighted by Gasteiger charge is 2.15. The molecule has 0 bridgehead atoms. The van der Waals surface area contributed by atoms with Crippen LogP contribution in [0.5, 0.6) is 0 Å². The highest BCUT2D eigenvalue weighted by molar-refractivity contribution is 5.75. The van der Waals surface area contributed by atoms with Crippen LogP contribution in [0.15, 0.2) is 24.3 Å². The highest BCUT2D eigenvalue weighted by Crippen LogP contribution is 2.12. The van der Waals surface area contributed by atoms with Gasteiger partial charge in [-0.3, -0.25) is 5.41 Å². The number of fused-ring (bicyclic) bond motifs is 1. The van der Waals surface area contributed by atoms with Gasteiger partial charge in [0.1, 0.15) is 0 Å². The van der Waals surface area contributed by atoms with E-state index < -0.39 is 0 Å². The zero-order chi connectivity index (χ0) is 14.7. The molecular weight excluding hydrogens is 300 g/mol. The third-order valence-electron chi connectivity index (χ3n) is 4.55. The number of nitrogens with one attached hydrogen (secondary N) is 2. The molecule has 2 heterocycles. The summed E-state index contributed by atoms with van der Waals surface area (Å²) in [5.41, 5.74) is 2.65. The van der Waals surface area contributed by atoms with Crippen molar-refractivity contribution in [3.05, 3.63) is 29.9 Å². The maximum absolute atomic E-state index is 9.23. The lowest BCUT2D eigenvalue weighted by Gasteiger charge is -2.23. The van der Waals surface area contributed by atoms with Gasteiger partial charge in [0.2, 0.25) is 5.62 Å². The lowest BCUT2D eigenvalue weighted by molar-refractivity contribution is -0.905. The summed E-state index contributed by atoms with van der Waals surface area (Å²) in [5, 5.41) is 17.6. The van der Waals surface area contributed by atoms with Crippen LogP contribution < -0.4 is 22.9 Å². The predicted octanol–water partition coefficient (Wildman–Crippen LogP) is -3.01. The van der Waals surface area contributed by atoms with Crippen molar-refractivity contribution in [1.82, 2.24) is 9.13 Å². The number of likely N-dealkylation sites (tertiary alicyclic amines) is 1. The van der Waals surface area contributed by atoms with Crippen LogP contribution >= 0.6 is 0 Å². The number of imidazole rings is 1. The number of aromatic nitrogens is 2. The number of hydrogen-bond acceptors (Lipinski definition) is 2. The maximum atomic E-state index is 9.23. The van der Waals surface area contributed by atoms with Crippen molar-refractivity contribution in [2.24, 2.45) is 0 Å². The first kappa shape index (κ1) is 17.1. The minimum Gasteiger partial charge on any atom is -1.00 e. The molecule has 0 amide bonds. The van der Waals surface area contributed by atoms with Crippen LogP contribution in [0.4, 0.5) is 0 Å². The van der Waals surface area contributed by atoms with Gasteiger partial charge in [0.25, 0.3) is 0 Å². The fraction of sp³-hybridized carbons (Fsp3) is 0.562. The first-order valence-electron chi connectivity index (χ1n) is 7.98. The molecule has 0 unspecified atom stereocenters. The first-order chi connectivity index (χ1) is 10.3. The average Bonchev–Trinajstić information content (AvgIpc) is 2.79. The number of aliphatic hydroxyl groups excluding tert-OH is 1. The topological polar surface area (TPSA) is 58.4 Å². The van der Waals surface area contributed by atoms with Crippen LogP contribution in [-0.4, -0.2) is 40.5 Å². The van der Waals surface area contributed by atoms with Crippen LogP contribution in [0.2, 0.25) is 0 Å². The Labute approximate surface area is 137 Å². The van der Waals surface area contributed by atoms with Gasteiger partial charge in [-0.25, -0.2) is 0 Å². The third kappa shape index (κ3) is 3.37. The summed E-state index contributed by atoms with van der Waals surface area (Å²) in [7, 11) is 0. The minimum absolute atomic E-state index is 0. The molecule has 2 aromatic rings. The lowest BCUT2D eigenvalue weighted by Crippen LogP contribution is -3.13. The van der Waals surface area contributed by atoms with E-state index in [9.17, 15) is 5.11 Å². The van der Waals surface area contributed by atoms with Crippen LogP contribution in [-0.2, 0) is 13.1 Å². The van der Waals surface area contributed by atoms with Crippen LogP contribution in [0.1, 0.15) is 19.3 Å². The third-order valence-corrected chi connectivity index (χ3v) is 4.55. The first-order valence-corrected chi connectivity index (χ1v) is 7.98. The van der Waals surface area contributed by atoms with Gasteiger partial charge in [-0.15, -0.1) is 0 Å². The zero-order valence-corrected chi connectivity index (χ0v) is 13.6. The number of para-hydroxylation sites is 2. The molecule has 22 heavy (non-hydrogen) atoms. The number of aliphatic hydroxyl groups is 1. The summed E-state index contributed by atoms with van der Waals surface area (Å²) in [5.74, 6) is 0. The van der Waals surface area contributed by atoms with E-state index in [1.165, 1.54) is 32.4 Å². The zero-order valence-electron chi connectivity index (χ0n) is 12.9. The minimum atomic E-state index is 0. The van der Waals surface area contributed by atoms with E-state index in [4.69, 9.17) is 5.41 Å². The molecule has 122 valence electrons. The van der Waals surface area contributed by atoms with Crippen LogP contribution in [0.3, 0.4) is 0 Å². The Balaban J connectivity index is 0.00000176. The van der Waals surface area contributed by atoms with E-state index in [-0.39, 0.29) is 19.0 Å². The van der Waals surface area contributed by atoms with E-state index in [2.05, 4.69) is 10.6 Å². The molecule has 3 N–H and O–H groups in total. The maximum Gasteiger partial charge on any atom is 0.203 e. The van der Waals surface area contributed by atoms with Crippen LogP contribution in [0.25, 0.3) is 11.0 Å². The predicted molar refractivity (Wildman–Crippen MR) is 82.3 cm³/mol. The number of rotatable bonds is 5. The van der Waals surface area contributed by atoms with Gasteiger partial charge >= 0.3 is 0 Å². The summed E-state index contributed by atoms with van der Waals surface area (Å²) in [6, 6.07) is 8.13. The number of halogens is 1. The Morgan fingerprint density at radius 2 is 1.59 bits per heavy atom. The molecule has 3 rings (SSSR count). The molecule has 0 saturated carbocycles. The van der Waals surface area contributed by atoms with Crippen molar-refractivity contribution in [3.8, 4) is 0 Å². The summed E-state index contributed by atoms with van der Waals surface area (Å²) in [4.78, 5) is 1.66. The van der Waals surface area contributed by atoms with Gasteiger partial charge < -0.3 is 31.5 Å². The quantitative estimate of drug-likeness (QED) is 0.539. The number of nitrogens with zero attached hydrogens (tertiary/aromatic N) is 2. The normalized spacial score (nSPS) is 15.9. The monoisotopic (exact) mass is 324 g/mol. The van der Waals surface area contributed by atoms with Gasteiger partial charge in [0.05, 0.1) is 43.8 Å².